The molecule has 0 saturated heterocycles. The average molecular weight is 412 g/mol. The number of hydrogen-bond acceptors (Lipinski definition) is 5. The van der Waals surface area contributed by atoms with Gasteiger partial charge in [0.1, 0.15) is 12.3 Å². The van der Waals surface area contributed by atoms with Gasteiger partial charge in [-0.3, -0.25) is 14.4 Å². The van der Waals surface area contributed by atoms with Crippen molar-refractivity contribution in [1.82, 2.24) is 5.32 Å². The van der Waals surface area contributed by atoms with Crippen LogP contribution in [-0.2, 0) is 14.3 Å². The van der Waals surface area contributed by atoms with E-state index in [2.05, 4.69) is 17.6 Å². The van der Waals surface area contributed by atoms with Crippen LogP contribution in [0, 0.1) is 13.8 Å². The molecular formula is C23H28N2O5. The van der Waals surface area contributed by atoms with E-state index in [0.29, 0.717) is 23.6 Å². The fourth-order valence-corrected chi connectivity index (χ4v) is 2.55. The SMILES string of the molecule is CCCCOc1ccc(C(=O)NCC(=O)OCC(=O)Nc2cc(C)ccc2C)cc1. The predicted molar refractivity (Wildman–Crippen MR) is 115 cm³/mol. The predicted octanol–water partition coefficient (Wildman–Crippen LogP) is 3.39. The summed E-state index contributed by atoms with van der Waals surface area (Å²) in [5.74, 6) is -0.859. The lowest BCUT2D eigenvalue weighted by molar-refractivity contribution is -0.146. The first-order valence-electron chi connectivity index (χ1n) is 9.93. The number of rotatable bonds is 10. The van der Waals surface area contributed by atoms with Crippen molar-refractivity contribution < 1.29 is 23.9 Å². The van der Waals surface area contributed by atoms with Crippen molar-refractivity contribution in [2.24, 2.45) is 0 Å². The molecule has 0 aliphatic carbocycles. The summed E-state index contributed by atoms with van der Waals surface area (Å²) in [4.78, 5) is 35.9. The van der Waals surface area contributed by atoms with Crippen molar-refractivity contribution in [3.05, 3.63) is 59.2 Å². The quantitative estimate of drug-likeness (QED) is 0.461. The number of benzene rings is 2. The first-order chi connectivity index (χ1) is 14.4. The highest BCUT2D eigenvalue weighted by atomic mass is 16.5. The maximum Gasteiger partial charge on any atom is 0.325 e. The second kappa shape index (κ2) is 11.6. The number of amides is 2. The van der Waals surface area contributed by atoms with Crippen LogP contribution in [0.25, 0.3) is 0 Å². The third-order valence-corrected chi connectivity index (χ3v) is 4.31. The van der Waals surface area contributed by atoms with Crippen LogP contribution < -0.4 is 15.4 Å². The molecule has 0 radical (unpaired) electrons. The largest absolute Gasteiger partial charge is 0.494 e. The highest BCUT2D eigenvalue weighted by molar-refractivity contribution is 5.96. The van der Waals surface area contributed by atoms with Gasteiger partial charge in [0.05, 0.1) is 6.61 Å². The zero-order chi connectivity index (χ0) is 21.9. The molecule has 2 rings (SSSR count). The fourth-order valence-electron chi connectivity index (χ4n) is 2.55. The molecule has 30 heavy (non-hydrogen) atoms. The number of unbranched alkanes of at least 4 members (excludes halogenated alkanes) is 1. The van der Waals surface area contributed by atoms with E-state index in [9.17, 15) is 14.4 Å². The zero-order valence-corrected chi connectivity index (χ0v) is 17.6. The summed E-state index contributed by atoms with van der Waals surface area (Å²) >= 11 is 0. The van der Waals surface area contributed by atoms with Gasteiger partial charge in [-0.1, -0.05) is 25.5 Å². The summed E-state index contributed by atoms with van der Waals surface area (Å²) in [6.45, 7) is 5.76. The highest BCUT2D eigenvalue weighted by Crippen LogP contribution is 2.16. The van der Waals surface area contributed by atoms with Crippen LogP contribution in [0.4, 0.5) is 5.69 Å². The molecule has 0 aliphatic rings. The molecule has 0 atom stereocenters. The van der Waals surface area contributed by atoms with Gasteiger partial charge in [-0.15, -0.1) is 0 Å². The number of esters is 1. The molecule has 0 saturated carbocycles. The van der Waals surface area contributed by atoms with Gasteiger partial charge in [-0.2, -0.15) is 0 Å². The third-order valence-electron chi connectivity index (χ3n) is 4.31. The Morgan fingerprint density at radius 2 is 1.73 bits per heavy atom. The Morgan fingerprint density at radius 1 is 1.00 bits per heavy atom. The standard InChI is InChI=1S/C23H28N2O5/c1-4-5-12-29-19-10-8-18(9-11-19)23(28)24-14-22(27)30-15-21(26)25-20-13-16(2)6-7-17(20)3/h6-11,13H,4-5,12,14-15H2,1-3H3,(H,24,28)(H,25,26). The number of ether oxygens (including phenoxy) is 2. The second-order valence-corrected chi connectivity index (χ2v) is 6.94. The van der Waals surface area contributed by atoms with Crippen molar-refractivity contribution in [2.45, 2.75) is 33.6 Å². The number of carbonyl (C=O) groups is 3. The van der Waals surface area contributed by atoms with Crippen LogP contribution >= 0.6 is 0 Å². The lowest BCUT2D eigenvalue weighted by Crippen LogP contribution is -2.32. The highest BCUT2D eigenvalue weighted by Gasteiger charge is 2.12. The van der Waals surface area contributed by atoms with Gasteiger partial charge in [0, 0.05) is 11.3 Å². The summed E-state index contributed by atoms with van der Waals surface area (Å²) < 4.78 is 10.5. The van der Waals surface area contributed by atoms with E-state index < -0.39 is 24.4 Å². The Labute approximate surface area is 176 Å². The first-order valence-corrected chi connectivity index (χ1v) is 9.93. The Morgan fingerprint density at radius 3 is 2.43 bits per heavy atom. The normalized spacial score (nSPS) is 10.2. The minimum absolute atomic E-state index is 0.329. The number of hydrogen-bond donors (Lipinski definition) is 2. The lowest BCUT2D eigenvalue weighted by atomic mass is 10.1. The average Bonchev–Trinajstić information content (AvgIpc) is 2.74. The first kappa shape index (κ1) is 22.9. The molecule has 2 N–H and O–H groups in total. The van der Waals surface area contributed by atoms with Crippen molar-refractivity contribution in [3.8, 4) is 5.75 Å². The van der Waals surface area contributed by atoms with E-state index in [4.69, 9.17) is 9.47 Å². The molecule has 2 aromatic carbocycles. The molecule has 0 unspecified atom stereocenters. The summed E-state index contributed by atoms with van der Waals surface area (Å²) in [5, 5.41) is 5.18. The van der Waals surface area contributed by atoms with Crippen LogP contribution in [0.2, 0.25) is 0 Å². The van der Waals surface area contributed by atoms with Crippen molar-refractivity contribution in [1.29, 1.82) is 0 Å². The minimum Gasteiger partial charge on any atom is -0.494 e. The smallest absolute Gasteiger partial charge is 0.325 e. The molecule has 2 aromatic rings. The van der Waals surface area contributed by atoms with Crippen LogP contribution in [-0.4, -0.2) is 37.5 Å². The molecule has 160 valence electrons. The van der Waals surface area contributed by atoms with Crippen molar-refractivity contribution >= 4 is 23.5 Å². The zero-order valence-electron chi connectivity index (χ0n) is 17.6. The molecule has 0 aliphatic heterocycles. The molecule has 0 aromatic heterocycles. The molecule has 2 amide bonds. The van der Waals surface area contributed by atoms with Crippen LogP contribution in [0.1, 0.15) is 41.3 Å². The topological polar surface area (TPSA) is 93.7 Å². The van der Waals surface area contributed by atoms with E-state index in [1.807, 2.05) is 32.0 Å². The van der Waals surface area contributed by atoms with Gasteiger partial charge in [-0.25, -0.2) is 0 Å². The third kappa shape index (κ3) is 7.58. The molecular weight excluding hydrogens is 384 g/mol. The summed E-state index contributed by atoms with van der Waals surface area (Å²) in [7, 11) is 0. The Hall–Kier alpha value is -3.35. The number of carbonyl (C=O) groups excluding carboxylic acids is 3. The second-order valence-electron chi connectivity index (χ2n) is 6.94. The maximum absolute atomic E-state index is 12.1. The van der Waals surface area contributed by atoms with E-state index in [0.717, 1.165) is 24.0 Å². The van der Waals surface area contributed by atoms with Gasteiger partial charge in [0.25, 0.3) is 11.8 Å². The Bertz CT molecular complexity index is 878. The Balaban J connectivity index is 1.72. The van der Waals surface area contributed by atoms with Crippen molar-refractivity contribution in [3.63, 3.8) is 0 Å². The van der Waals surface area contributed by atoms with E-state index in [-0.39, 0.29) is 6.54 Å². The molecule has 7 heteroatoms. The summed E-state index contributed by atoms with van der Waals surface area (Å²) in [6.07, 6.45) is 2.01. The van der Waals surface area contributed by atoms with Gasteiger partial charge in [0.2, 0.25) is 0 Å². The van der Waals surface area contributed by atoms with Crippen LogP contribution in [0.5, 0.6) is 5.75 Å². The van der Waals surface area contributed by atoms with Crippen LogP contribution in [0.3, 0.4) is 0 Å². The number of aryl methyl sites for hydroxylation is 2. The van der Waals surface area contributed by atoms with Gasteiger partial charge in [0.15, 0.2) is 6.61 Å². The van der Waals surface area contributed by atoms with E-state index >= 15 is 0 Å². The number of anilines is 1. The van der Waals surface area contributed by atoms with Crippen molar-refractivity contribution in [2.75, 3.05) is 25.1 Å². The lowest BCUT2D eigenvalue weighted by Gasteiger charge is -2.10. The van der Waals surface area contributed by atoms with Gasteiger partial charge in [-0.05, 0) is 61.7 Å². The molecule has 0 bridgehead atoms. The minimum atomic E-state index is -0.695. The Kier molecular flexibility index (Phi) is 8.87. The van der Waals surface area contributed by atoms with E-state index in [1.54, 1.807) is 24.3 Å². The maximum atomic E-state index is 12.1. The monoisotopic (exact) mass is 412 g/mol. The summed E-state index contributed by atoms with van der Waals surface area (Å²) in [5.41, 5.74) is 3.00. The molecule has 7 nitrogen and oxygen atoms in total. The van der Waals surface area contributed by atoms with Gasteiger partial charge < -0.3 is 20.1 Å². The summed E-state index contributed by atoms with van der Waals surface area (Å²) in [6, 6.07) is 12.4. The molecule has 0 spiro atoms. The van der Waals surface area contributed by atoms with Gasteiger partial charge >= 0.3 is 5.97 Å². The molecule has 0 heterocycles. The fraction of sp³-hybridized carbons (Fsp3) is 0.348. The van der Waals surface area contributed by atoms with Crippen LogP contribution in [0.15, 0.2) is 42.5 Å². The molecule has 0 fully saturated rings. The van der Waals surface area contributed by atoms with E-state index in [1.165, 1.54) is 0 Å². The number of nitrogens with one attached hydrogen (secondary N) is 2.